The van der Waals surface area contributed by atoms with Crippen molar-refractivity contribution in [1.29, 1.82) is 0 Å². The number of hydrogen-bond acceptors (Lipinski definition) is 6. The van der Waals surface area contributed by atoms with Crippen molar-refractivity contribution in [3.63, 3.8) is 0 Å². The fourth-order valence-corrected chi connectivity index (χ4v) is 4.42. The summed E-state index contributed by atoms with van der Waals surface area (Å²) >= 11 is 0. The standard InChI is InChI=1S/C26H27F5N6O2/c1-15-32-13-17(25(2,39)14-33-21-8-4-7-20(35-21)26(29,30)31)22(34-15)16-9-11-37(12-10-16)24(38)36-23-18(27)5-3-6-19(23)28/h3-8,13,16,39H,9-12,14H2,1-2H3,(H,33,35)(H,36,38). The number of carbonyl (C=O) groups is 1. The summed E-state index contributed by atoms with van der Waals surface area (Å²) in [5.74, 6) is -1.52. The highest BCUT2D eigenvalue weighted by Gasteiger charge is 2.35. The van der Waals surface area contributed by atoms with Gasteiger partial charge in [-0.2, -0.15) is 13.2 Å². The molecule has 1 aliphatic rings. The molecule has 4 rings (SSSR count). The fourth-order valence-electron chi connectivity index (χ4n) is 4.42. The molecule has 3 N–H and O–H groups in total. The van der Waals surface area contributed by atoms with Crippen LogP contribution >= 0.6 is 0 Å². The van der Waals surface area contributed by atoms with E-state index < -0.39 is 40.8 Å². The van der Waals surface area contributed by atoms with Gasteiger partial charge in [-0.25, -0.2) is 28.5 Å². The summed E-state index contributed by atoms with van der Waals surface area (Å²) in [7, 11) is 0. The highest BCUT2D eigenvalue weighted by molar-refractivity contribution is 5.89. The predicted octanol–water partition coefficient (Wildman–Crippen LogP) is 5.21. The van der Waals surface area contributed by atoms with Gasteiger partial charge in [-0.3, -0.25) is 0 Å². The van der Waals surface area contributed by atoms with Crippen molar-refractivity contribution in [2.75, 3.05) is 30.3 Å². The molecule has 1 saturated heterocycles. The van der Waals surface area contributed by atoms with Gasteiger partial charge in [0.05, 0.1) is 5.69 Å². The number of benzene rings is 1. The minimum atomic E-state index is -4.60. The van der Waals surface area contributed by atoms with Gasteiger partial charge >= 0.3 is 12.2 Å². The lowest BCUT2D eigenvalue weighted by Gasteiger charge is -2.34. The second-order valence-electron chi connectivity index (χ2n) is 9.54. The largest absolute Gasteiger partial charge is 0.433 e. The number of anilines is 2. The van der Waals surface area contributed by atoms with E-state index in [4.69, 9.17) is 0 Å². The van der Waals surface area contributed by atoms with Crippen molar-refractivity contribution in [3.8, 4) is 0 Å². The van der Waals surface area contributed by atoms with Crippen LogP contribution in [0.4, 0.5) is 38.3 Å². The van der Waals surface area contributed by atoms with Crippen molar-refractivity contribution in [1.82, 2.24) is 19.9 Å². The quantitative estimate of drug-likeness (QED) is 0.364. The van der Waals surface area contributed by atoms with E-state index in [0.29, 0.717) is 29.9 Å². The van der Waals surface area contributed by atoms with Crippen LogP contribution in [0.5, 0.6) is 0 Å². The molecule has 0 saturated carbocycles. The van der Waals surface area contributed by atoms with E-state index in [1.54, 1.807) is 6.92 Å². The number of para-hydroxylation sites is 1. The lowest BCUT2D eigenvalue weighted by atomic mass is 9.85. The number of aliphatic hydroxyl groups is 1. The molecular weight excluding hydrogens is 523 g/mol. The monoisotopic (exact) mass is 550 g/mol. The third-order valence-electron chi connectivity index (χ3n) is 6.54. The number of nitrogens with zero attached hydrogens (tertiary/aromatic N) is 4. The lowest BCUT2D eigenvalue weighted by Crippen LogP contribution is -2.41. The first-order valence-corrected chi connectivity index (χ1v) is 12.2. The lowest BCUT2D eigenvalue weighted by molar-refractivity contribution is -0.141. The number of aromatic nitrogens is 3. The van der Waals surface area contributed by atoms with E-state index >= 15 is 0 Å². The molecule has 1 aliphatic heterocycles. The van der Waals surface area contributed by atoms with Crippen molar-refractivity contribution < 1.29 is 31.9 Å². The molecule has 3 heterocycles. The summed E-state index contributed by atoms with van der Waals surface area (Å²) in [6, 6.07) is 6.11. The summed E-state index contributed by atoms with van der Waals surface area (Å²) < 4.78 is 66.9. The highest BCUT2D eigenvalue weighted by atomic mass is 19.4. The van der Waals surface area contributed by atoms with Crippen LogP contribution in [-0.2, 0) is 11.8 Å². The van der Waals surface area contributed by atoms with Gasteiger partial charge in [0, 0.05) is 37.3 Å². The molecule has 0 bridgehead atoms. The molecule has 0 spiro atoms. The van der Waals surface area contributed by atoms with Crippen LogP contribution in [0, 0.1) is 18.6 Å². The number of urea groups is 1. The molecule has 0 aliphatic carbocycles. The van der Waals surface area contributed by atoms with Crippen LogP contribution in [0.3, 0.4) is 0 Å². The van der Waals surface area contributed by atoms with Gasteiger partial charge in [0.25, 0.3) is 0 Å². The van der Waals surface area contributed by atoms with E-state index in [2.05, 4.69) is 25.6 Å². The first-order chi connectivity index (χ1) is 18.3. The number of amides is 2. The number of carbonyl (C=O) groups excluding carboxylic acids is 1. The number of rotatable bonds is 6. The maximum atomic E-state index is 13.9. The Morgan fingerprint density at radius 2 is 1.72 bits per heavy atom. The number of nitrogens with one attached hydrogen (secondary N) is 2. The number of hydrogen-bond donors (Lipinski definition) is 3. The fraction of sp³-hybridized carbons (Fsp3) is 0.385. The molecule has 3 aromatic rings. The Bertz CT molecular complexity index is 1320. The maximum Gasteiger partial charge on any atom is 0.433 e. The summed E-state index contributed by atoms with van der Waals surface area (Å²) in [5, 5.41) is 16.3. The SMILES string of the molecule is Cc1ncc(C(C)(O)CNc2cccc(C(F)(F)F)n2)c(C2CCN(C(=O)Nc3c(F)cccc3F)CC2)n1. The Balaban J connectivity index is 1.45. The number of pyridine rings is 1. The second-order valence-corrected chi connectivity index (χ2v) is 9.54. The van der Waals surface area contributed by atoms with Gasteiger partial charge in [-0.15, -0.1) is 0 Å². The van der Waals surface area contributed by atoms with Gasteiger partial charge in [-0.05, 0) is 51.0 Å². The highest BCUT2D eigenvalue weighted by Crippen LogP contribution is 2.34. The molecule has 13 heteroatoms. The molecule has 8 nitrogen and oxygen atoms in total. The van der Waals surface area contributed by atoms with Gasteiger partial charge in [0.1, 0.15) is 40.3 Å². The predicted molar refractivity (Wildman–Crippen MR) is 133 cm³/mol. The van der Waals surface area contributed by atoms with Gasteiger partial charge in [-0.1, -0.05) is 12.1 Å². The number of likely N-dealkylation sites (tertiary alicyclic amines) is 1. The zero-order chi connectivity index (χ0) is 28.4. The van der Waals surface area contributed by atoms with E-state index in [1.165, 1.54) is 36.2 Å². The van der Waals surface area contributed by atoms with Gasteiger partial charge in [0.15, 0.2) is 0 Å². The average Bonchev–Trinajstić information content (AvgIpc) is 2.89. The van der Waals surface area contributed by atoms with Crippen molar-refractivity contribution >= 4 is 17.5 Å². The first-order valence-electron chi connectivity index (χ1n) is 12.2. The minimum absolute atomic E-state index is 0.0507. The Morgan fingerprint density at radius 1 is 1.08 bits per heavy atom. The Kier molecular flexibility index (Phi) is 8.00. The van der Waals surface area contributed by atoms with Crippen molar-refractivity contribution in [2.24, 2.45) is 0 Å². The van der Waals surface area contributed by atoms with E-state index in [9.17, 15) is 31.9 Å². The van der Waals surface area contributed by atoms with Crippen LogP contribution in [-0.4, -0.2) is 50.6 Å². The smallest absolute Gasteiger partial charge is 0.383 e. The summed E-state index contributed by atoms with van der Waals surface area (Å²) in [6.45, 7) is 3.55. The number of alkyl halides is 3. The summed E-state index contributed by atoms with van der Waals surface area (Å²) in [4.78, 5) is 26.4. The van der Waals surface area contributed by atoms with E-state index in [-0.39, 0.29) is 31.4 Å². The van der Waals surface area contributed by atoms with Gasteiger partial charge in [0.2, 0.25) is 0 Å². The molecule has 2 amide bonds. The normalized spacial score (nSPS) is 16.1. The van der Waals surface area contributed by atoms with Gasteiger partial charge < -0.3 is 20.6 Å². The average molecular weight is 551 g/mol. The molecule has 1 unspecified atom stereocenters. The van der Waals surface area contributed by atoms with Crippen molar-refractivity contribution in [2.45, 2.75) is 44.4 Å². The summed E-state index contributed by atoms with van der Waals surface area (Å²) in [6.07, 6.45) is -2.21. The molecule has 1 aromatic carbocycles. The molecule has 2 aromatic heterocycles. The number of aryl methyl sites for hydroxylation is 1. The minimum Gasteiger partial charge on any atom is -0.383 e. The molecule has 39 heavy (non-hydrogen) atoms. The number of piperidine rings is 1. The molecular formula is C26H27F5N6O2. The first kappa shape index (κ1) is 28.1. The Hall–Kier alpha value is -3.87. The zero-order valence-corrected chi connectivity index (χ0v) is 21.2. The van der Waals surface area contributed by atoms with Crippen LogP contribution < -0.4 is 10.6 Å². The van der Waals surface area contributed by atoms with Crippen LogP contribution in [0.1, 0.15) is 48.5 Å². The molecule has 1 fully saturated rings. The third kappa shape index (κ3) is 6.59. The number of halogens is 5. The Labute approximate surface area is 221 Å². The van der Waals surface area contributed by atoms with Crippen LogP contribution in [0.25, 0.3) is 0 Å². The zero-order valence-electron chi connectivity index (χ0n) is 21.2. The maximum absolute atomic E-state index is 13.9. The topological polar surface area (TPSA) is 103 Å². The summed E-state index contributed by atoms with van der Waals surface area (Å²) in [5.41, 5.74) is -2.19. The van der Waals surface area contributed by atoms with E-state index in [0.717, 1.165) is 18.2 Å². The molecule has 1 atom stereocenters. The van der Waals surface area contributed by atoms with Crippen LogP contribution in [0.15, 0.2) is 42.6 Å². The van der Waals surface area contributed by atoms with Crippen molar-refractivity contribution in [3.05, 3.63) is 77.0 Å². The Morgan fingerprint density at radius 3 is 2.36 bits per heavy atom. The van der Waals surface area contributed by atoms with E-state index in [1.807, 2.05) is 0 Å². The third-order valence-corrected chi connectivity index (χ3v) is 6.54. The molecule has 208 valence electrons. The second kappa shape index (κ2) is 11.1. The van der Waals surface area contributed by atoms with Crippen LogP contribution in [0.2, 0.25) is 0 Å². The molecule has 0 radical (unpaired) electrons.